The monoisotopic (exact) mass is 347 g/mol. The second-order valence-electron chi connectivity index (χ2n) is 5.32. The van der Waals surface area contributed by atoms with Gasteiger partial charge in [0.25, 0.3) is 5.91 Å². The van der Waals surface area contributed by atoms with Gasteiger partial charge in [-0.25, -0.2) is 9.78 Å². The molecule has 24 heavy (non-hydrogen) atoms. The Bertz CT molecular complexity index is 732. The summed E-state index contributed by atoms with van der Waals surface area (Å²) in [6, 6.07) is 10.4. The molecule has 1 aromatic heterocycles. The van der Waals surface area contributed by atoms with Gasteiger partial charge in [-0.2, -0.15) is 0 Å². The molecule has 0 aliphatic carbocycles. The highest BCUT2D eigenvalue weighted by Crippen LogP contribution is 2.17. The Hall–Kier alpha value is -2.60. The number of carbonyl (C=O) groups excluding carboxylic acids is 2. The molecule has 1 amide bonds. The Balaban J connectivity index is 1.97. The van der Waals surface area contributed by atoms with Gasteiger partial charge in [-0.05, 0) is 43.3 Å². The SMILES string of the molecule is C[C@@H](OC(=O)c1cccnc1Cl)C(=O)Nc1ccc(N(C)C)cc1. The molecule has 0 saturated carbocycles. The van der Waals surface area contributed by atoms with Crippen molar-refractivity contribution in [1.29, 1.82) is 0 Å². The molecule has 6 nitrogen and oxygen atoms in total. The Kier molecular flexibility index (Phi) is 5.76. The minimum atomic E-state index is -0.970. The quantitative estimate of drug-likeness (QED) is 0.665. The maximum absolute atomic E-state index is 12.1. The van der Waals surface area contributed by atoms with Gasteiger partial charge in [0.05, 0.1) is 5.56 Å². The first-order valence-corrected chi connectivity index (χ1v) is 7.66. The van der Waals surface area contributed by atoms with E-state index in [4.69, 9.17) is 16.3 Å². The standard InChI is InChI=1S/C17H18ClN3O3/c1-11(24-17(23)14-5-4-10-19-15(14)18)16(22)20-12-6-8-13(9-7-12)21(2)3/h4-11H,1-3H3,(H,20,22)/t11-/m1/s1. The van der Waals surface area contributed by atoms with Gasteiger partial charge >= 0.3 is 5.97 Å². The van der Waals surface area contributed by atoms with Gasteiger partial charge in [0, 0.05) is 31.7 Å². The third-order valence-electron chi connectivity index (χ3n) is 3.28. The smallest absolute Gasteiger partial charge is 0.342 e. The van der Waals surface area contributed by atoms with E-state index in [0.29, 0.717) is 5.69 Å². The first-order chi connectivity index (χ1) is 11.4. The number of halogens is 1. The fourth-order valence-corrected chi connectivity index (χ4v) is 2.10. The van der Waals surface area contributed by atoms with Gasteiger partial charge in [0.2, 0.25) is 0 Å². The topological polar surface area (TPSA) is 71.5 Å². The fraction of sp³-hybridized carbons (Fsp3) is 0.235. The predicted molar refractivity (Wildman–Crippen MR) is 93.5 cm³/mol. The zero-order valence-corrected chi connectivity index (χ0v) is 14.4. The molecule has 1 aromatic carbocycles. The average molecular weight is 348 g/mol. The summed E-state index contributed by atoms with van der Waals surface area (Å²) in [6.45, 7) is 1.49. The van der Waals surface area contributed by atoms with Gasteiger partial charge in [-0.1, -0.05) is 11.6 Å². The zero-order valence-electron chi connectivity index (χ0n) is 13.6. The minimum absolute atomic E-state index is 0.0365. The number of benzene rings is 1. The van der Waals surface area contributed by atoms with E-state index in [0.717, 1.165) is 5.69 Å². The van der Waals surface area contributed by atoms with Crippen LogP contribution in [-0.2, 0) is 9.53 Å². The molecule has 1 heterocycles. The van der Waals surface area contributed by atoms with Crippen molar-refractivity contribution in [3.63, 3.8) is 0 Å². The lowest BCUT2D eigenvalue weighted by atomic mass is 10.2. The normalized spacial score (nSPS) is 11.5. The van der Waals surface area contributed by atoms with Gasteiger partial charge in [0.15, 0.2) is 6.10 Å². The molecule has 1 N–H and O–H groups in total. The molecule has 0 radical (unpaired) electrons. The minimum Gasteiger partial charge on any atom is -0.449 e. The Morgan fingerprint density at radius 2 is 1.88 bits per heavy atom. The lowest BCUT2D eigenvalue weighted by Gasteiger charge is -2.15. The van der Waals surface area contributed by atoms with Crippen molar-refractivity contribution in [3.8, 4) is 0 Å². The molecule has 0 bridgehead atoms. The van der Waals surface area contributed by atoms with Gasteiger partial charge in [-0.15, -0.1) is 0 Å². The number of pyridine rings is 1. The van der Waals surface area contributed by atoms with E-state index in [9.17, 15) is 9.59 Å². The fourth-order valence-electron chi connectivity index (χ4n) is 1.90. The number of hydrogen-bond acceptors (Lipinski definition) is 5. The van der Waals surface area contributed by atoms with Crippen molar-refractivity contribution in [2.75, 3.05) is 24.3 Å². The maximum Gasteiger partial charge on any atom is 0.342 e. The summed E-state index contributed by atoms with van der Waals surface area (Å²) in [6.07, 6.45) is 0.495. The maximum atomic E-state index is 12.1. The molecule has 0 fully saturated rings. The van der Waals surface area contributed by atoms with Crippen molar-refractivity contribution in [2.24, 2.45) is 0 Å². The molecule has 1 atom stereocenters. The average Bonchev–Trinajstić information content (AvgIpc) is 2.55. The third kappa shape index (κ3) is 4.45. The van der Waals surface area contributed by atoms with Crippen LogP contribution in [-0.4, -0.2) is 37.1 Å². The highest BCUT2D eigenvalue weighted by atomic mass is 35.5. The van der Waals surface area contributed by atoms with Crippen molar-refractivity contribution < 1.29 is 14.3 Å². The summed E-state index contributed by atoms with van der Waals surface area (Å²) >= 11 is 5.84. The summed E-state index contributed by atoms with van der Waals surface area (Å²) in [5.41, 5.74) is 1.75. The molecule has 0 aliphatic rings. The van der Waals surface area contributed by atoms with Crippen LogP contribution in [0.15, 0.2) is 42.6 Å². The Morgan fingerprint density at radius 1 is 1.21 bits per heavy atom. The summed E-state index contributed by atoms with van der Waals surface area (Å²) in [7, 11) is 3.86. The van der Waals surface area contributed by atoms with Crippen LogP contribution >= 0.6 is 11.6 Å². The van der Waals surface area contributed by atoms with E-state index in [1.165, 1.54) is 19.2 Å². The number of ether oxygens (including phenoxy) is 1. The molecule has 2 rings (SSSR count). The number of rotatable bonds is 5. The summed E-state index contributed by atoms with van der Waals surface area (Å²) in [5, 5.41) is 2.73. The highest BCUT2D eigenvalue weighted by molar-refractivity contribution is 6.32. The Morgan fingerprint density at radius 3 is 2.46 bits per heavy atom. The molecule has 2 aromatic rings. The van der Waals surface area contributed by atoms with Gasteiger partial charge in [0.1, 0.15) is 5.15 Å². The second kappa shape index (κ2) is 7.79. The predicted octanol–water partition coefficient (Wildman–Crippen LogP) is 2.99. The van der Waals surface area contributed by atoms with Crippen LogP contribution in [0.2, 0.25) is 5.15 Å². The Labute approximate surface area is 145 Å². The zero-order chi connectivity index (χ0) is 17.7. The number of nitrogens with zero attached hydrogens (tertiary/aromatic N) is 2. The van der Waals surface area contributed by atoms with Crippen LogP contribution in [0.1, 0.15) is 17.3 Å². The molecule has 0 aliphatic heterocycles. The number of nitrogens with one attached hydrogen (secondary N) is 1. The van der Waals surface area contributed by atoms with Crippen LogP contribution in [0, 0.1) is 0 Å². The number of hydrogen-bond donors (Lipinski definition) is 1. The van der Waals surface area contributed by atoms with Crippen molar-refractivity contribution in [1.82, 2.24) is 4.98 Å². The number of anilines is 2. The van der Waals surface area contributed by atoms with Crippen LogP contribution in [0.4, 0.5) is 11.4 Å². The molecule has 7 heteroatoms. The molecular formula is C17H18ClN3O3. The first-order valence-electron chi connectivity index (χ1n) is 7.28. The van der Waals surface area contributed by atoms with Gasteiger partial charge < -0.3 is 15.0 Å². The van der Waals surface area contributed by atoms with E-state index < -0.39 is 18.0 Å². The van der Waals surface area contributed by atoms with Crippen LogP contribution < -0.4 is 10.2 Å². The molecule has 0 spiro atoms. The van der Waals surface area contributed by atoms with E-state index in [1.54, 1.807) is 18.2 Å². The largest absolute Gasteiger partial charge is 0.449 e. The lowest BCUT2D eigenvalue weighted by molar-refractivity contribution is -0.123. The van der Waals surface area contributed by atoms with Gasteiger partial charge in [-0.3, -0.25) is 4.79 Å². The molecule has 126 valence electrons. The van der Waals surface area contributed by atoms with Crippen LogP contribution in [0.5, 0.6) is 0 Å². The molecule has 0 saturated heterocycles. The van der Waals surface area contributed by atoms with Crippen molar-refractivity contribution >= 4 is 34.9 Å². The lowest BCUT2D eigenvalue weighted by Crippen LogP contribution is -2.30. The van der Waals surface area contributed by atoms with Crippen molar-refractivity contribution in [2.45, 2.75) is 13.0 Å². The number of carbonyl (C=O) groups is 2. The first kappa shape index (κ1) is 17.7. The second-order valence-corrected chi connectivity index (χ2v) is 5.68. The van der Waals surface area contributed by atoms with E-state index in [2.05, 4.69) is 10.3 Å². The summed E-state index contributed by atoms with van der Waals surface area (Å²) < 4.78 is 5.13. The van der Waals surface area contributed by atoms with Crippen molar-refractivity contribution in [3.05, 3.63) is 53.3 Å². The number of esters is 1. The van der Waals surface area contributed by atoms with E-state index in [1.807, 2.05) is 31.1 Å². The summed E-state index contributed by atoms with van der Waals surface area (Å²) in [4.78, 5) is 29.9. The van der Waals surface area contributed by atoms with E-state index in [-0.39, 0.29) is 10.7 Å². The van der Waals surface area contributed by atoms with E-state index >= 15 is 0 Å². The molecule has 0 unspecified atom stereocenters. The number of amides is 1. The van der Waals surface area contributed by atoms with Crippen LogP contribution in [0.3, 0.4) is 0 Å². The highest BCUT2D eigenvalue weighted by Gasteiger charge is 2.21. The molecular weight excluding hydrogens is 330 g/mol. The number of aromatic nitrogens is 1. The third-order valence-corrected chi connectivity index (χ3v) is 3.58. The summed E-state index contributed by atoms with van der Waals surface area (Å²) in [5.74, 6) is -1.13. The van der Waals surface area contributed by atoms with Crippen LogP contribution in [0.25, 0.3) is 0 Å².